The maximum atomic E-state index is 13.0. The fourth-order valence-corrected chi connectivity index (χ4v) is 5.59. The molecule has 0 unspecified atom stereocenters. The van der Waals surface area contributed by atoms with Gasteiger partial charge in [-0.05, 0) is 43.7 Å². The maximum Gasteiger partial charge on any atom is 0.137 e. The second-order valence-corrected chi connectivity index (χ2v) is 7.88. The molecule has 3 heteroatoms. The van der Waals surface area contributed by atoms with Crippen LogP contribution in [0, 0.1) is 24.7 Å². The van der Waals surface area contributed by atoms with Gasteiger partial charge in [0.1, 0.15) is 5.78 Å². The lowest BCUT2D eigenvalue weighted by molar-refractivity contribution is -0.123. The number of Topliss-reactive ketones (excluding diaryl/α,β-unsaturated/α-hetero) is 1. The van der Waals surface area contributed by atoms with E-state index >= 15 is 0 Å². The minimum absolute atomic E-state index is 0.0262. The lowest BCUT2D eigenvalue weighted by Crippen LogP contribution is -2.35. The number of aryl methyl sites for hydroxylation is 1. The van der Waals surface area contributed by atoms with Crippen molar-refractivity contribution in [2.45, 2.75) is 43.3 Å². The molecule has 112 valence electrons. The van der Waals surface area contributed by atoms with Gasteiger partial charge >= 0.3 is 0 Å². The lowest BCUT2D eigenvalue weighted by Gasteiger charge is -2.26. The molecular formula is C18H22O2S. The Labute approximate surface area is 129 Å². The molecule has 1 aromatic rings. The van der Waals surface area contributed by atoms with Gasteiger partial charge in [-0.1, -0.05) is 36.8 Å². The van der Waals surface area contributed by atoms with E-state index in [1.807, 2.05) is 38.1 Å². The molecule has 0 radical (unpaired) electrons. The van der Waals surface area contributed by atoms with Gasteiger partial charge in [-0.15, -0.1) is 0 Å². The van der Waals surface area contributed by atoms with Crippen molar-refractivity contribution >= 4 is 16.6 Å². The Morgan fingerprint density at radius 3 is 2.52 bits per heavy atom. The van der Waals surface area contributed by atoms with Crippen molar-refractivity contribution in [3.63, 3.8) is 0 Å². The summed E-state index contributed by atoms with van der Waals surface area (Å²) < 4.78 is 13.0. The molecule has 5 atom stereocenters. The van der Waals surface area contributed by atoms with Crippen molar-refractivity contribution in [1.82, 2.24) is 0 Å². The van der Waals surface area contributed by atoms with Crippen LogP contribution in [0.25, 0.3) is 0 Å². The van der Waals surface area contributed by atoms with Gasteiger partial charge in [0, 0.05) is 17.2 Å². The number of allylic oxidation sites excluding steroid dienone is 2. The summed E-state index contributed by atoms with van der Waals surface area (Å²) in [6, 6.07) is 7.89. The number of rotatable bonds is 5. The van der Waals surface area contributed by atoms with E-state index in [1.165, 1.54) is 5.56 Å². The third-order valence-corrected chi connectivity index (χ3v) is 6.63. The number of carbonyl (C=O) groups excluding carboxylic acids is 1. The van der Waals surface area contributed by atoms with Gasteiger partial charge in [-0.3, -0.25) is 9.00 Å². The quantitative estimate of drug-likeness (QED) is 0.778. The van der Waals surface area contributed by atoms with Crippen LogP contribution in [0.15, 0.2) is 41.3 Å². The van der Waals surface area contributed by atoms with Crippen LogP contribution < -0.4 is 0 Å². The van der Waals surface area contributed by atoms with Crippen molar-refractivity contribution in [2.24, 2.45) is 17.8 Å². The van der Waals surface area contributed by atoms with Crippen LogP contribution in [0.1, 0.15) is 31.7 Å². The van der Waals surface area contributed by atoms with E-state index in [0.29, 0.717) is 24.0 Å². The third-order valence-electron chi connectivity index (χ3n) is 4.76. The highest BCUT2D eigenvalue weighted by molar-refractivity contribution is 7.85. The van der Waals surface area contributed by atoms with Crippen LogP contribution in [0.3, 0.4) is 0 Å². The Morgan fingerprint density at radius 1 is 1.19 bits per heavy atom. The van der Waals surface area contributed by atoms with Crippen LogP contribution in [-0.2, 0) is 15.6 Å². The number of benzene rings is 1. The molecule has 0 saturated heterocycles. The molecule has 0 N–H and O–H groups in total. The van der Waals surface area contributed by atoms with Crippen LogP contribution in [0.5, 0.6) is 0 Å². The molecule has 1 fully saturated rings. The van der Waals surface area contributed by atoms with Crippen molar-refractivity contribution in [2.75, 3.05) is 0 Å². The average molecular weight is 302 g/mol. The van der Waals surface area contributed by atoms with Gasteiger partial charge in [0.25, 0.3) is 0 Å². The van der Waals surface area contributed by atoms with Crippen LogP contribution in [0.2, 0.25) is 0 Å². The number of carbonyl (C=O) groups is 1. The van der Waals surface area contributed by atoms with E-state index < -0.39 is 10.8 Å². The average Bonchev–Trinajstić information content (AvgIpc) is 3.08. The Hall–Kier alpha value is -1.22. The molecule has 0 amide bonds. The first-order valence-corrected chi connectivity index (χ1v) is 9.01. The summed E-state index contributed by atoms with van der Waals surface area (Å²) in [4.78, 5) is 13.3. The zero-order chi connectivity index (χ0) is 15.0. The molecule has 1 saturated carbocycles. The standard InChI is InChI=1S/C18H22O2S/c1-3-4-16(19)17-13-7-8-14(11-13)18(17)21(20)15-9-5-12(2)6-10-15/h5-10,13-14,17-18H,3-4,11H2,1-2H3/t13-,14+,17+,18-,21-/m0/s1. The summed E-state index contributed by atoms with van der Waals surface area (Å²) in [5.41, 5.74) is 1.17. The van der Waals surface area contributed by atoms with E-state index in [2.05, 4.69) is 12.2 Å². The highest BCUT2D eigenvalue weighted by atomic mass is 32.2. The minimum atomic E-state index is -1.09. The van der Waals surface area contributed by atoms with Crippen LogP contribution in [0.4, 0.5) is 0 Å². The predicted octanol–water partition coefficient (Wildman–Crippen LogP) is 3.66. The van der Waals surface area contributed by atoms with E-state index in [1.54, 1.807) is 0 Å². The van der Waals surface area contributed by atoms with Gasteiger partial charge in [0.2, 0.25) is 0 Å². The molecule has 21 heavy (non-hydrogen) atoms. The SMILES string of the molecule is CCCC(=O)[C@@H]1[C@@H]([S@@](=O)c2ccc(C)cc2)[C@@H]2C=C[C@H]1C2. The molecule has 0 aliphatic heterocycles. The summed E-state index contributed by atoms with van der Waals surface area (Å²) in [5.74, 6) is 0.887. The van der Waals surface area contributed by atoms with Gasteiger partial charge < -0.3 is 0 Å². The molecular weight excluding hydrogens is 280 g/mol. The summed E-state index contributed by atoms with van der Waals surface area (Å²) in [6.45, 7) is 4.06. The Balaban J connectivity index is 1.88. The molecule has 2 bridgehead atoms. The van der Waals surface area contributed by atoms with Gasteiger partial charge in [0.05, 0.1) is 16.0 Å². The molecule has 1 aromatic carbocycles. The van der Waals surface area contributed by atoms with Gasteiger partial charge in [0.15, 0.2) is 0 Å². The third kappa shape index (κ3) is 2.64. The number of ketones is 1. The molecule has 0 spiro atoms. The van der Waals surface area contributed by atoms with Crippen molar-refractivity contribution in [3.05, 3.63) is 42.0 Å². The summed E-state index contributed by atoms with van der Waals surface area (Å²) in [5, 5.41) is -0.0262. The zero-order valence-electron chi connectivity index (χ0n) is 12.6. The highest BCUT2D eigenvalue weighted by Gasteiger charge is 2.50. The van der Waals surface area contributed by atoms with E-state index in [-0.39, 0.29) is 11.2 Å². The lowest BCUT2D eigenvalue weighted by atomic mass is 9.87. The molecule has 2 aliphatic carbocycles. The minimum Gasteiger partial charge on any atom is -0.299 e. The molecule has 2 nitrogen and oxygen atoms in total. The van der Waals surface area contributed by atoms with E-state index in [9.17, 15) is 9.00 Å². The number of fused-ring (bicyclic) bond motifs is 2. The number of hydrogen-bond donors (Lipinski definition) is 0. The Bertz CT molecular complexity index is 588. The fourth-order valence-electron chi connectivity index (χ4n) is 3.73. The second kappa shape index (κ2) is 5.88. The fraction of sp³-hybridized carbons (Fsp3) is 0.500. The monoisotopic (exact) mass is 302 g/mol. The topological polar surface area (TPSA) is 34.1 Å². The Kier molecular flexibility index (Phi) is 4.12. The highest BCUT2D eigenvalue weighted by Crippen LogP contribution is 2.48. The van der Waals surface area contributed by atoms with E-state index in [4.69, 9.17) is 0 Å². The molecule has 0 heterocycles. The van der Waals surface area contributed by atoms with Gasteiger partial charge in [-0.2, -0.15) is 0 Å². The first kappa shape index (κ1) is 14.7. The smallest absolute Gasteiger partial charge is 0.137 e. The van der Waals surface area contributed by atoms with Gasteiger partial charge in [-0.25, -0.2) is 0 Å². The number of hydrogen-bond acceptors (Lipinski definition) is 2. The van der Waals surface area contributed by atoms with Crippen LogP contribution in [-0.4, -0.2) is 15.2 Å². The first-order chi connectivity index (χ1) is 10.1. The summed E-state index contributed by atoms with van der Waals surface area (Å²) in [6.07, 6.45) is 6.84. The predicted molar refractivity (Wildman–Crippen MR) is 85.5 cm³/mol. The van der Waals surface area contributed by atoms with E-state index in [0.717, 1.165) is 17.7 Å². The largest absolute Gasteiger partial charge is 0.299 e. The normalized spacial score (nSPS) is 31.5. The van der Waals surface area contributed by atoms with Crippen molar-refractivity contribution in [3.8, 4) is 0 Å². The molecule has 2 aliphatic rings. The second-order valence-electron chi connectivity index (χ2n) is 6.27. The van der Waals surface area contributed by atoms with Crippen molar-refractivity contribution < 1.29 is 9.00 Å². The Morgan fingerprint density at radius 2 is 1.86 bits per heavy atom. The van der Waals surface area contributed by atoms with Crippen LogP contribution >= 0.6 is 0 Å². The molecule has 0 aromatic heterocycles. The first-order valence-electron chi connectivity index (χ1n) is 7.80. The summed E-state index contributed by atoms with van der Waals surface area (Å²) >= 11 is 0. The zero-order valence-corrected chi connectivity index (χ0v) is 13.4. The van der Waals surface area contributed by atoms with Crippen molar-refractivity contribution in [1.29, 1.82) is 0 Å². The molecule has 3 rings (SSSR count). The summed E-state index contributed by atoms with van der Waals surface area (Å²) in [7, 11) is -1.09. The maximum absolute atomic E-state index is 13.0.